The minimum atomic E-state index is -0.388. The maximum Gasteiger partial charge on any atom is 0.254 e. The van der Waals surface area contributed by atoms with Crippen molar-refractivity contribution >= 4 is 23.4 Å². The average Bonchev–Trinajstić information content (AvgIpc) is 2.54. The van der Waals surface area contributed by atoms with Crippen molar-refractivity contribution in [2.75, 3.05) is 5.75 Å². The quantitative estimate of drug-likeness (QED) is 0.416. The van der Waals surface area contributed by atoms with Gasteiger partial charge in [-0.05, 0) is 25.0 Å². The zero-order valence-corrected chi connectivity index (χ0v) is 15.7. The molecule has 1 unspecified atom stereocenters. The second-order valence-electron chi connectivity index (χ2n) is 5.65. The van der Waals surface area contributed by atoms with Gasteiger partial charge in [-0.15, -0.1) is 0 Å². The van der Waals surface area contributed by atoms with Gasteiger partial charge in [-0.3, -0.25) is 4.79 Å². The summed E-state index contributed by atoms with van der Waals surface area (Å²) in [6.07, 6.45) is 2.67. The molecule has 6 heteroatoms. The maximum atomic E-state index is 14.3. The van der Waals surface area contributed by atoms with E-state index < -0.39 is 0 Å². The minimum absolute atomic E-state index is 0.152. The Morgan fingerprint density at radius 1 is 1.38 bits per heavy atom. The number of nitrogens with one attached hydrogen (secondary N) is 1. The van der Waals surface area contributed by atoms with Gasteiger partial charge in [-0.2, -0.15) is 0 Å². The molecule has 130 valence electrons. The summed E-state index contributed by atoms with van der Waals surface area (Å²) in [6, 6.07) is 4.62. The molecule has 3 nitrogen and oxygen atoms in total. The monoisotopic (exact) mass is 368 g/mol. The van der Waals surface area contributed by atoms with Crippen molar-refractivity contribution in [3.05, 3.63) is 56.2 Å². The summed E-state index contributed by atoms with van der Waals surface area (Å²) in [5, 5.41) is 0.937. The van der Waals surface area contributed by atoms with Crippen LogP contribution in [-0.2, 0) is 6.42 Å². The van der Waals surface area contributed by atoms with E-state index in [-0.39, 0.29) is 17.3 Å². The molecule has 24 heavy (non-hydrogen) atoms. The fourth-order valence-corrected chi connectivity index (χ4v) is 3.92. The molecule has 1 heterocycles. The molecule has 0 saturated carbocycles. The molecule has 0 amide bonds. The molecular weight excluding hydrogens is 347 g/mol. The summed E-state index contributed by atoms with van der Waals surface area (Å²) in [5.41, 5.74) is 1.42. The molecule has 0 saturated heterocycles. The summed E-state index contributed by atoms with van der Waals surface area (Å²) in [7, 11) is 0. The number of thioether (sulfide) groups is 1. The van der Waals surface area contributed by atoms with E-state index in [2.05, 4.69) is 16.9 Å². The molecule has 0 bridgehead atoms. The summed E-state index contributed by atoms with van der Waals surface area (Å²) in [4.78, 5) is 19.8. The Morgan fingerprint density at radius 3 is 2.75 bits per heavy atom. The molecule has 0 aliphatic heterocycles. The first-order valence-electron chi connectivity index (χ1n) is 8.19. The van der Waals surface area contributed by atoms with Crippen molar-refractivity contribution in [1.29, 1.82) is 0 Å². The van der Waals surface area contributed by atoms with Crippen molar-refractivity contribution in [1.82, 2.24) is 9.97 Å². The lowest BCUT2D eigenvalue weighted by Gasteiger charge is -2.17. The van der Waals surface area contributed by atoms with Crippen LogP contribution < -0.4 is 5.56 Å². The highest BCUT2D eigenvalue weighted by atomic mass is 35.5. The number of hydrogen-bond donors (Lipinski definition) is 1. The van der Waals surface area contributed by atoms with Crippen LogP contribution in [0.1, 0.15) is 56.4 Å². The van der Waals surface area contributed by atoms with Crippen LogP contribution >= 0.6 is 23.4 Å². The van der Waals surface area contributed by atoms with E-state index in [0.29, 0.717) is 33.4 Å². The second-order valence-corrected chi connectivity index (χ2v) is 7.14. The smallest absolute Gasteiger partial charge is 0.254 e. The van der Waals surface area contributed by atoms with E-state index in [1.807, 2.05) is 13.8 Å². The number of aromatic nitrogens is 2. The Morgan fingerprint density at radius 2 is 2.12 bits per heavy atom. The number of halogens is 2. The zero-order valence-electron chi connectivity index (χ0n) is 14.2. The lowest BCUT2D eigenvalue weighted by atomic mass is 9.93. The fourth-order valence-electron chi connectivity index (χ4n) is 2.64. The highest BCUT2D eigenvalue weighted by Crippen LogP contribution is 2.32. The molecule has 0 aliphatic rings. The van der Waals surface area contributed by atoms with E-state index in [9.17, 15) is 9.18 Å². The maximum absolute atomic E-state index is 14.3. The lowest BCUT2D eigenvalue weighted by Crippen LogP contribution is -2.20. The van der Waals surface area contributed by atoms with Gasteiger partial charge in [0, 0.05) is 27.8 Å². The third-order valence-corrected chi connectivity index (χ3v) is 5.25. The first-order chi connectivity index (χ1) is 11.5. The Balaban J connectivity index is 2.48. The zero-order chi connectivity index (χ0) is 17.7. The second kappa shape index (κ2) is 8.67. The number of H-pyrrole nitrogens is 1. The van der Waals surface area contributed by atoms with Gasteiger partial charge in [0.1, 0.15) is 5.82 Å². The van der Waals surface area contributed by atoms with E-state index in [1.54, 1.807) is 12.1 Å². The van der Waals surface area contributed by atoms with Crippen molar-refractivity contribution in [2.24, 2.45) is 0 Å². The SMILES string of the molecule is CCCCSc1nc(C(C)c2c(F)cccc2Cl)c(CC)c(=O)[nH]1. The van der Waals surface area contributed by atoms with Gasteiger partial charge in [0.15, 0.2) is 5.16 Å². The molecule has 1 N–H and O–H groups in total. The van der Waals surface area contributed by atoms with Gasteiger partial charge in [0.25, 0.3) is 5.56 Å². The van der Waals surface area contributed by atoms with Crippen LogP contribution in [0.3, 0.4) is 0 Å². The van der Waals surface area contributed by atoms with Gasteiger partial charge in [-0.1, -0.05) is 56.6 Å². The number of aromatic amines is 1. The van der Waals surface area contributed by atoms with Crippen LogP contribution in [0.25, 0.3) is 0 Å². The standard InChI is InChI=1S/C18H22ClFN2OS/c1-4-6-10-24-18-21-16(12(5-2)17(23)22-18)11(3)15-13(19)8-7-9-14(15)20/h7-9,11H,4-6,10H2,1-3H3,(H,21,22,23). The van der Waals surface area contributed by atoms with Crippen molar-refractivity contribution < 1.29 is 4.39 Å². The number of rotatable bonds is 7. The van der Waals surface area contributed by atoms with Gasteiger partial charge in [0.2, 0.25) is 0 Å². The number of unbranched alkanes of at least 4 members (excludes halogenated alkanes) is 1. The van der Waals surface area contributed by atoms with E-state index >= 15 is 0 Å². The number of benzene rings is 1. The van der Waals surface area contributed by atoms with Crippen LogP contribution in [-0.4, -0.2) is 15.7 Å². The topological polar surface area (TPSA) is 45.8 Å². The molecular formula is C18H22ClFN2OS. The molecule has 0 fully saturated rings. The summed E-state index contributed by atoms with van der Waals surface area (Å²) in [6.45, 7) is 5.85. The highest BCUT2D eigenvalue weighted by Gasteiger charge is 2.22. The summed E-state index contributed by atoms with van der Waals surface area (Å²) >= 11 is 7.71. The molecule has 1 atom stereocenters. The minimum Gasteiger partial charge on any atom is -0.301 e. The molecule has 1 aromatic heterocycles. The molecule has 1 aromatic carbocycles. The normalized spacial score (nSPS) is 12.4. The molecule has 2 aromatic rings. The Hall–Kier alpha value is -1.33. The third kappa shape index (κ3) is 4.19. The Kier molecular flexibility index (Phi) is 6.87. The van der Waals surface area contributed by atoms with Crippen molar-refractivity contribution in [3.63, 3.8) is 0 Å². The largest absolute Gasteiger partial charge is 0.301 e. The van der Waals surface area contributed by atoms with Gasteiger partial charge >= 0.3 is 0 Å². The predicted octanol–water partition coefficient (Wildman–Crippen LogP) is 5.17. The van der Waals surface area contributed by atoms with Crippen molar-refractivity contribution in [2.45, 2.75) is 51.1 Å². The van der Waals surface area contributed by atoms with Crippen LogP contribution in [0.5, 0.6) is 0 Å². The fraction of sp³-hybridized carbons (Fsp3) is 0.444. The first kappa shape index (κ1) is 19.0. The predicted molar refractivity (Wildman–Crippen MR) is 98.8 cm³/mol. The van der Waals surface area contributed by atoms with Gasteiger partial charge < -0.3 is 4.98 Å². The number of nitrogens with zero attached hydrogens (tertiary/aromatic N) is 1. The van der Waals surface area contributed by atoms with E-state index in [0.717, 1.165) is 18.6 Å². The van der Waals surface area contributed by atoms with Crippen LogP contribution in [0.4, 0.5) is 4.39 Å². The summed E-state index contributed by atoms with van der Waals surface area (Å²) in [5.74, 6) is 0.125. The molecule has 2 rings (SSSR count). The Bertz CT molecular complexity index is 743. The first-order valence-corrected chi connectivity index (χ1v) is 9.55. The van der Waals surface area contributed by atoms with Gasteiger partial charge in [0.05, 0.1) is 5.69 Å². The molecule has 0 spiro atoms. The highest BCUT2D eigenvalue weighted by molar-refractivity contribution is 7.99. The average molecular weight is 369 g/mol. The van der Waals surface area contributed by atoms with Crippen LogP contribution in [0.15, 0.2) is 28.2 Å². The Labute approximate surface area is 151 Å². The third-order valence-electron chi connectivity index (χ3n) is 3.96. The van der Waals surface area contributed by atoms with Crippen LogP contribution in [0, 0.1) is 5.82 Å². The van der Waals surface area contributed by atoms with Crippen molar-refractivity contribution in [3.8, 4) is 0 Å². The van der Waals surface area contributed by atoms with E-state index in [1.165, 1.54) is 17.8 Å². The summed E-state index contributed by atoms with van der Waals surface area (Å²) < 4.78 is 14.3. The van der Waals surface area contributed by atoms with Gasteiger partial charge in [-0.25, -0.2) is 9.37 Å². The molecule has 0 radical (unpaired) electrons. The lowest BCUT2D eigenvalue weighted by molar-refractivity contribution is 0.598. The van der Waals surface area contributed by atoms with E-state index in [4.69, 9.17) is 11.6 Å². The number of hydrogen-bond acceptors (Lipinski definition) is 3. The van der Waals surface area contributed by atoms with Crippen LogP contribution in [0.2, 0.25) is 5.02 Å². The molecule has 0 aliphatic carbocycles.